The predicted molar refractivity (Wildman–Crippen MR) is 89.0 cm³/mol. The van der Waals surface area contributed by atoms with Gasteiger partial charge in [0.25, 0.3) is 0 Å². The van der Waals surface area contributed by atoms with Crippen molar-refractivity contribution in [3.05, 3.63) is 42.4 Å². The Balaban J connectivity index is 1.50. The van der Waals surface area contributed by atoms with Gasteiger partial charge in [-0.1, -0.05) is 6.42 Å². The fraction of sp³-hybridized carbons (Fsp3) is 0.556. The lowest BCUT2D eigenvalue weighted by Crippen LogP contribution is -2.29. The molecule has 3 atom stereocenters. The zero-order valence-electron chi connectivity index (χ0n) is 13.6. The highest BCUT2D eigenvalue weighted by Crippen LogP contribution is 2.42. The molecule has 5 heteroatoms. The molecule has 3 heterocycles. The van der Waals surface area contributed by atoms with E-state index in [0.29, 0.717) is 0 Å². The van der Waals surface area contributed by atoms with Gasteiger partial charge < -0.3 is 4.90 Å². The van der Waals surface area contributed by atoms with Crippen molar-refractivity contribution in [1.82, 2.24) is 19.9 Å². The van der Waals surface area contributed by atoms with E-state index in [2.05, 4.69) is 24.8 Å². The summed E-state index contributed by atoms with van der Waals surface area (Å²) in [6, 6.07) is 2.04. The molecule has 0 unspecified atom stereocenters. The molecule has 1 aliphatic heterocycles. The quantitative estimate of drug-likeness (QED) is 0.872. The van der Waals surface area contributed by atoms with Crippen LogP contribution in [0.2, 0.25) is 0 Å². The largest absolute Gasteiger partial charge is 0.356 e. The number of anilines is 1. The first-order valence-corrected chi connectivity index (χ1v) is 8.59. The number of aromatic nitrogens is 4. The summed E-state index contributed by atoms with van der Waals surface area (Å²) < 4.78 is 0. The second-order valence-electron chi connectivity index (χ2n) is 6.88. The molecule has 2 aromatic rings. The van der Waals surface area contributed by atoms with Gasteiger partial charge in [-0.2, -0.15) is 0 Å². The lowest BCUT2D eigenvalue weighted by atomic mass is 9.72. The number of nitrogens with zero attached hydrogens (tertiary/aromatic N) is 5. The Labute approximate surface area is 137 Å². The molecule has 5 nitrogen and oxygen atoms in total. The zero-order valence-corrected chi connectivity index (χ0v) is 13.6. The molecule has 0 N–H and O–H groups in total. The molecule has 120 valence electrons. The molecule has 23 heavy (non-hydrogen) atoms. The van der Waals surface area contributed by atoms with E-state index in [1.165, 1.54) is 19.3 Å². The Kier molecular flexibility index (Phi) is 3.93. The van der Waals surface area contributed by atoms with Crippen LogP contribution >= 0.6 is 0 Å². The second-order valence-corrected chi connectivity index (χ2v) is 6.88. The van der Waals surface area contributed by atoms with Gasteiger partial charge in [-0.3, -0.25) is 9.97 Å². The maximum Gasteiger partial charge on any atom is 0.132 e. The van der Waals surface area contributed by atoms with Crippen molar-refractivity contribution in [3.63, 3.8) is 0 Å². The zero-order chi connectivity index (χ0) is 15.6. The Morgan fingerprint density at radius 1 is 1.13 bits per heavy atom. The Morgan fingerprint density at radius 3 is 2.91 bits per heavy atom. The Morgan fingerprint density at radius 2 is 2.09 bits per heavy atom. The molecule has 0 bridgehead atoms. The van der Waals surface area contributed by atoms with Gasteiger partial charge in [0.2, 0.25) is 0 Å². The lowest BCUT2D eigenvalue weighted by molar-refractivity contribution is 0.197. The second kappa shape index (κ2) is 6.22. The van der Waals surface area contributed by atoms with Gasteiger partial charge in [0.1, 0.15) is 11.6 Å². The number of rotatable bonds is 3. The van der Waals surface area contributed by atoms with Crippen LogP contribution in [-0.2, 0) is 6.42 Å². The monoisotopic (exact) mass is 309 g/mol. The van der Waals surface area contributed by atoms with E-state index in [0.717, 1.165) is 54.6 Å². The van der Waals surface area contributed by atoms with E-state index in [1.54, 1.807) is 12.4 Å². The summed E-state index contributed by atoms with van der Waals surface area (Å²) in [5.74, 6) is 4.21. The highest BCUT2D eigenvalue weighted by molar-refractivity contribution is 5.39. The average molecular weight is 309 g/mol. The van der Waals surface area contributed by atoms with Crippen molar-refractivity contribution in [3.8, 4) is 0 Å². The average Bonchev–Trinajstić information content (AvgIpc) is 3.01. The molecule has 1 saturated heterocycles. The van der Waals surface area contributed by atoms with Gasteiger partial charge in [-0.05, 0) is 50.0 Å². The summed E-state index contributed by atoms with van der Waals surface area (Å²) in [5.41, 5.74) is 1.13. The third kappa shape index (κ3) is 3.05. The molecule has 2 aliphatic rings. The summed E-state index contributed by atoms with van der Waals surface area (Å²) >= 11 is 0. The lowest BCUT2D eigenvalue weighted by Gasteiger charge is -2.32. The Bertz CT molecular complexity index is 659. The minimum atomic E-state index is 0.721. The van der Waals surface area contributed by atoms with Gasteiger partial charge in [-0.25, -0.2) is 9.97 Å². The van der Waals surface area contributed by atoms with E-state index in [9.17, 15) is 0 Å². The highest BCUT2D eigenvalue weighted by atomic mass is 15.2. The van der Waals surface area contributed by atoms with Crippen molar-refractivity contribution in [2.24, 2.45) is 17.8 Å². The molecule has 0 aromatic carbocycles. The number of hydrogen-bond donors (Lipinski definition) is 0. The summed E-state index contributed by atoms with van der Waals surface area (Å²) in [4.78, 5) is 20.0. The Hall–Kier alpha value is -2.04. The fourth-order valence-electron chi connectivity index (χ4n) is 4.36. The predicted octanol–water partition coefficient (Wildman–Crippen LogP) is 2.67. The molecule has 1 aliphatic carbocycles. The van der Waals surface area contributed by atoms with Crippen LogP contribution in [0.15, 0.2) is 30.9 Å². The molecular formula is C18H23N5. The van der Waals surface area contributed by atoms with E-state index in [-0.39, 0.29) is 0 Å². The van der Waals surface area contributed by atoms with E-state index < -0.39 is 0 Å². The van der Waals surface area contributed by atoms with Crippen molar-refractivity contribution < 1.29 is 0 Å². The molecule has 0 radical (unpaired) electrons. The van der Waals surface area contributed by atoms with E-state index >= 15 is 0 Å². The van der Waals surface area contributed by atoms with Gasteiger partial charge in [0.05, 0.1) is 5.69 Å². The van der Waals surface area contributed by atoms with Crippen molar-refractivity contribution in [1.29, 1.82) is 0 Å². The van der Waals surface area contributed by atoms with E-state index in [1.807, 2.05) is 25.4 Å². The normalized spacial score (nSPS) is 27.0. The van der Waals surface area contributed by atoms with Gasteiger partial charge in [0.15, 0.2) is 0 Å². The van der Waals surface area contributed by atoms with Crippen molar-refractivity contribution in [2.75, 3.05) is 18.0 Å². The standard InChI is InChI=1S/C18H23N5/c1-13-20-6-5-18(22-13)23-11-15-4-2-3-14(17(15)12-23)9-16-10-19-7-8-21-16/h5-8,10,14-15,17H,2-4,9,11-12H2,1H3/t14-,15-,17-/m1/s1. The van der Waals surface area contributed by atoms with Crippen molar-refractivity contribution in [2.45, 2.75) is 32.6 Å². The van der Waals surface area contributed by atoms with Crippen LogP contribution in [0.5, 0.6) is 0 Å². The molecule has 2 aromatic heterocycles. The summed E-state index contributed by atoms with van der Waals surface area (Å²) in [6.45, 7) is 4.22. The molecule has 2 fully saturated rings. The number of hydrogen-bond acceptors (Lipinski definition) is 5. The summed E-state index contributed by atoms with van der Waals surface area (Å²) in [6.07, 6.45) is 12.4. The van der Waals surface area contributed by atoms with Crippen LogP contribution < -0.4 is 4.90 Å². The smallest absolute Gasteiger partial charge is 0.132 e. The molecule has 0 spiro atoms. The number of aryl methyl sites for hydroxylation is 1. The minimum absolute atomic E-state index is 0.721. The van der Waals surface area contributed by atoms with Crippen LogP contribution in [-0.4, -0.2) is 33.0 Å². The molecular weight excluding hydrogens is 286 g/mol. The van der Waals surface area contributed by atoms with Crippen molar-refractivity contribution >= 4 is 5.82 Å². The van der Waals surface area contributed by atoms with Crippen LogP contribution in [0.3, 0.4) is 0 Å². The summed E-state index contributed by atoms with van der Waals surface area (Å²) in [7, 11) is 0. The van der Waals surface area contributed by atoms with Crippen LogP contribution in [0.1, 0.15) is 30.8 Å². The first-order valence-electron chi connectivity index (χ1n) is 8.59. The van der Waals surface area contributed by atoms with Gasteiger partial charge in [-0.15, -0.1) is 0 Å². The topological polar surface area (TPSA) is 54.8 Å². The maximum atomic E-state index is 4.61. The van der Waals surface area contributed by atoms with Gasteiger partial charge in [0, 0.05) is 37.9 Å². The molecule has 4 rings (SSSR count). The maximum absolute atomic E-state index is 4.61. The molecule has 1 saturated carbocycles. The van der Waals surface area contributed by atoms with E-state index in [4.69, 9.17) is 0 Å². The highest BCUT2D eigenvalue weighted by Gasteiger charge is 2.40. The fourth-order valence-corrected chi connectivity index (χ4v) is 4.36. The number of fused-ring (bicyclic) bond motifs is 1. The minimum Gasteiger partial charge on any atom is -0.356 e. The summed E-state index contributed by atoms with van der Waals surface area (Å²) in [5, 5.41) is 0. The van der Waals surface area contributed by atoms with Crippen LogP contribution in [0.25, 0.3) is 0 Å². The third-order valence-electron chi connectivity index (χ3n) is 5.42. The van der Waals surface area contributed by atoms with Crippen LogP contribution in [0, 0.1) is 24.7 Å². The molecule has 0 amide bonds. The van der Waals surface area contributed by atoms with Crippen LogP contribution in [0.4, 0.5) is 5.82 Å². The van der Waals surface area contributed by atoms with Gasteiger partial charge >= 0.3 is 0 Å². The first-order chi connectivity index (χ1) is 11.3. The third-order valence-corrected chi connectivity index (χ3v) is 5.42. The SMILES string of the molecule is Cc1nccc(N2C[C@H]3CCC[C@H](Cc4cnccn4)[C@H]3C2)n1. The first kappa shape index (κ1) is 14.5.